The van der Waals surface area contributed by atoms with Crippen molar-refractivity contribution in [3.05, 3.63) is 36.5 Å². The van der Waals surface area contributed by atoms with Gasteiger partial charge in [-0.15, -0.1) is 0 Å². The standard InChI is InChI=1S/C9H14O/c1-4-5-6-9(2)7-8-10-3/h4-7H,1,8H2,2-3H3/b6-5+,9-7-. The van der Waals surface area contributed by atoms with Crippen molar-refractivity contribution >= 4 is 0 Å². The summed E-state index contributed by atoms with van der Waals surface area (Å²) >= 11 is 0. The van der Waals surface area contributed by atoms with Gasteiger partial charge in [0.05, 0.1) is 6.61 Å². The molecule has 0 rings (SSSR count). The fourth-order valence-electron chi connectivity index (χ4n) is 0.503. The predicted octanol–water partition coefficient (Wildman–Crippen LogP) is 2.32. The van der Waals surface area contributed by atoms with E-state index in [1.807, 2.05) is 25.2 Å². The largest absolute Gasteiger partial charge is 0.381 e. The Balaban J connectivity index is 3.69. The second kappa shape index (κ2) is 6.30. The van der Waals surface area contributed by atoms with Crippen molar-refractivity contribution in [1.29, 1.82) is 0 Å². The van der Waals surface area contributed by atoms with Gasteiger partial charge in [0, 0.05) is 7.11 Å². The first kappa shape index (κ1) is 9.18. The molecule has 0 bridgehead atoms. The molecule has 0 fully saturated rings. The molecule has 0 heterocycles. The van der Waals surface area contributed by atoms with Crippen molar-refractivity contribution in [3.63, 3.8) is 0 Å². The number of hydrogen-bond donors (Lipinski definition) is 0. The van der Waals surface area contributed by atoms with Gasteiger partial charge in [-0.05, 0) is 6.92 Å². The maximum Gasteiger partial charge on any atom is 0.0649 e. The highest BCUT2D eigenvalue weighted by atomic mass is 16.5. The van der Waals surface area contributed by atoms with E-state index in [4.69, 9.17) is 4.74 Å². The third kappa shape index (κ3) is 5.32. The first-order valence-corrected chi connectivity index (χ1v) is 3.26. The summed E-state index contributed by atoms with van der Waals surface area (Å²) in [6.45, 7) is 6.27. The minimum absolute atomic E-state index is 0.674. The van der Waals surface area contributed by atoms with E-state index < -0.39 is 0 Å². The second-order valence-electron chi connectivity index (χ2n) is 2.00. The van der Waals surface area contributed by atoms with Crippen molar-refractivity contribution in [2.24, 2.45) is 0 Å². The molecule has 0 saturated carbocycles. The Morgan fingerprint density at radius 3 is 2.80 bits per heavy atom. The van der Waals surface area contributed by atoms with E-state index in [9.17, 15) is 0 Å². The van der Waals surface area contributed by atoms with Crippen LogP contribution in [0.5, 0.6) is 0 Å². The van der Waals surface area contributed by atoms with Gasteiger partial charge in [0.15, 0.2) is 0 Å². The zero-order chi connectivity index (χ0) is 7.82. The van der Waals surface area contributed by atoms with Gasteiger partial charge in [-0.1, -0.05) is 36.5 Å². The van der Waals surface area contributed by atoms with Crippen molar-refractivity contribution in [2.75, 3.05) is 13.7 Å². The summed E-state index contributed by atoms with van der Waals surface area (Å²) in [5.74, 6) is 0. The van der Waals surface area contributed by atoms with E-state index in [1.54, 1.807) is 13.2 Å². The summed E-state index contributed by atoms with van der Waals surface area (Å²) in [5, 5.41) is 0. The van der Waals surface area contributed by atoms with Crippen LogP contribution < -0.4 is 0 Å². The Labute approximate surface area is 62.7 Å². The lowest BCUT2D eigenvalue weighted by Crippen LogP contribution is -1.82. The molecule has 10 heavy (non-hydrogen) atoms. The summed E-state index contributed by atoms with van der Waals surface area (Å²) in [5.41, 5.74) is 1.20. The van der Waals surface area contributed by atoms with Gasteiger partial charge in [-0.2, -0.15) is 0 Å². The summed E-state index contributed by atoms with van der Waals surface area (Å²) in [4.78, 5) is 0. The van der Waals surface area contributed by atoms with Crippen LogP contribution >= 0.6 is 0 Å². The molecule has 0 N–H and O–H groups in total. The normalized spacial score (nSPS) is 12.4. The van der Waals surface area contributed by atoms with Gasteiger partial charge >= 0.3 is 0 Å². The number of methoxy groups -OCH3 is 1. The van der Waals surface area contributed by atoms with Gasteiger partial charge in [0.25, 0.3) is 0 Å². The number of ether oxygens (including phenoxy) is 1. The van der Waals surface area contributed by atoms with E-state index >= 15 is 0 Å². The lowest BCUT2D eigenvalue weighted by molar-refractivity contribution is 0.233. The fourth-order valence-corrected chi connectivity index (χ4v) is 0.503. The first-order chi connectivity index (χ1) is 4.81. The Bertz CT molecular complexity index is 143. The van der Waals surface area contributed by atoms with Crippen LogP contribution in [0, 0.1) is 0 Å². The molecule has 0 saturated heterocycles. The van der Waals surface area contributed by atoms with Crippen molar-refractivity contribution in [3.8, 4) is 0 Å². The molecule has 0 aliphatic heterocycles. The topological polar surface area (TPSA) is 9.23 Å². The Morgan fingerprint density at radius 1 is 1.60 bits per heavy atom. The highest BCUT2D eigenvalue weighted by Gasteiger charge is 1.77. The third-order valence-electron chi connectivity index (χ3n) is 1.07. The van der Waals surface area contributed by atoms with E-state index in [-0.39, 0.29) is 0 Å². The van der Waals surface area contributed by atoms with E-state index in [1.165, 1.54) is 5.57 Å². The minimum Gasteiger partial charge on any atom is -0.381 e. The quantitative estimate of drug-likeness (QED) is 0.542. The molecule has 0 amide bonds. The van der Waals surface area contributed by atoms with Crippen LogP contribution in [0.25, 0.3) is 0 Å². The number of allylic oxidation sites excluding steroid dienone is 4. The maximum absolute atomic E-state index is 4.86. The average molecular weight is 138 g/mol. The Morgan fingerprint density at radius 2 is 2.30 bits per heavy atom. The predicted molar refractivity (Wildman–Crippen MR) is 45.0 cm³/mol. The molecule has 0 aliphatic rings. The van der Waals surface area contributed by atoms with E-state index in [0.717, 1.165) is 0 Å². The monoisotopic (exact) mass is 138 g/mol. The molecule has 0 aromatic rings. The van der Waals surface area contributed by atoms with Crippen molar-refractivity contribution in [2.45, 2.75) is 6.92 Å². The maximum atomic E-state index is 4.86. The summed E-state index contributed by atoms with van der Waals surface area (Å²) in [7, 11) is 1.68. The van der Waals surface area contributed by atoms with Crippen LogP contribution in [-0.2, 0) is 4.74 Å². The van der Waals surface area contributed by atoms with Crippen LogP contribution in [0.1, 0.15) is 6.92 Å². The molecule has 0 radical (unpaired) electrons. The molecule has 0 unspecified atom stereocenters. The molecule has 0 aliphatic carbocycles. The van der Waals surface area contributed by atoms with E-state index in [0.29, 0.717) is 6.61 Å². The van der Waals surface area contributed by atoms with Crippen LogP contribution in [0.2, 0.25) is 0 Å². The zero-order valence-electron chi connectivity index (χ0n) is 6.63. The molecule has 0 spiro atoms. The van der Waals surface area contributed by atoms with Gasteiger partial charge in [-0.25, -0.2) is 0 Å². The summed E-state index contributed by atoms with van der Waals surface area (Å²) < 4.78 is 4.86. The SMILES string of the molecule is C=C/C=C/C(C)=C\COC. The van der Waals surface area contributed by atoms with Crippen LogP contribution in [0.3, 0.4) is 0 Å². The average Bonchev–Trinajstić information content (AvgIpc) is 1.97. The minimum atomic E-state index is 0.674. The zero-order valence-corrected chi connectivity index (χ0v) is 6.63. The highest BCUT2D eigenvalue weighted by molar-refractivity contribution is 5.19. The molecule has 1 nitrogen and oxygen atoms in total. The molecule has 0 aromatic heterocycles. The smallest absolute Gasteiger partial charge is 0.0649 e. The molecular formula is C9H14O. The van der Waals surface area contributed by atoms with Gasteiger partial charge in [0.1, 0.15) is 0 Å². The molecule has 1 heteroatoms. The third-order valence-corrected chi connectivity index (χ3v) is 1.07. The summed E-state index contributed by atoms with van der Waals surface area (Å²) in [6.07, 6.45) is 7.66. The first-order valence-electron chi connectivity index (χ1n) is 3.26. The van der Waals surface area contributed by atoms with Crippen molar-refractivity contribution in [1.82, 2.24) is 0 Å². The van der Waals surface area contributed by atoms with Crippen LogP contribution in [-0.4, -0.2) is 13.7 Å². The van der Waals surface area contributed by atoms with E-state index in [2.05, 4.69) is 6.58 Å². The lowest BCUT2D eigenvalue weighted by atomic mass is 10.2. The number of hydrogen-bond acceptors (Lipinski definition) is 1. The summed E-state index contributed by atoms with van der Waals surface area (Å²) in [6, 6.07) is 0. The van der Waals surface area contributed by atoms with Gasteiger partial charge in [-0.3, -0.25) is 0 Å². The second-order valence-corrected chi connectivity index (χ2v) is 2.00. The highest BCUT2D eigenvalue weighted by Crippen LogP contribution is 1.93. The molecule has 0 aromatic carbocycles. The number of rotatable bonds is 4. The Kier molecular flexibility index (Phi) is 5.79. The van der Waals surface area contributed by atoms with Gasteiger partial charge < -0.3 is 4.74 Å². The lowest BCUT2D eigenvalue weighted by Gasteiger charge is -1.90. The Hall–Kier alpha value is -0.820. The molecule has 56 valence electrons. The van der Waals surface area contributed by atoms with Crippen LogP contribution in [0.4, 0.5) is 0 Å². The molecule has 0 atom stereocenters. The van der Waals surface area contributed by atoms with Crippen LogP contribution in [0.15, 0.2) is 36.5 Å². The molecular weight excluding hydrogens is 124 g/mol. The van der Waals surface area contributed by atoms with Crippen molar-refractivity contribution < 1.29 is 4.74 Å². The fraction of sp³-hybridized carbons (Fsp3) is 0.333. The van der Waals surface area contributed by atoms with Gasteiger partial charge in [0.2, 0.25) is 0 Å².